The number of nitrogens with zero attached hydrogens (tertiary/aromatic N) is 7. The summed E-state index contributed by atoms with van der Waals surface area (Å²) in [5, 5.41) is 11.6. The molecule has 2 aliphatic rings. The second-order valence-corrected chi connectivity index (χ2v) is 9.08. The number of hydrogen-bond donors (Lipinski definition) is 2. The molecule has 0 radical (unpaired) electrons. The monoisotopic (exact) mass is 467 g/mol. The van der Waals surface area contributed by atoms with Crippen molar-refractivity contribution in [1.82, 2.24) is 34.9 Å². The van der Waals surface area contributed by atoms with Crippen molar-refractivity contribution < 1.29 is 0 Å². The summed E-state index contributed by atoms with van der Waals surface area (Å²) in [6.07, 6.45) is 11.0. The summed E-state index contributed by atoms with van der Waals surface area (Å²) in [4.78, 5) is 21.0. The van der Waals surface area contributed by atoms with Gasteiger partial charge >= 0.3 is 0 Å². The number of aryl methyl sites for hydroxylation is 2. The van der Waals surface area contributed by atoms with Gasteiger partial charge in [0.1, 0.15) is 5.82 Å². The van der Waals surface area contributed by atoms with Crippen LogP contribution >= 0.6 is 0 Å². The first-order chi connectivity index (χ1) is 17.2. The molecule has 2 N–H and O–H groups in total. The molecule has 0 amide bonds. The highest BCUT2D eigenvalue weighted by atomic mass is 15.3. The van der Waals surface area contributed by atoms with E-state index in [1.54, 1.807) is 0 Å². The van der Waals surface area contributed by atoms with Crippen LogP contribution < -0.4 is 15.5 Å². The average molecular weight is 468 g/mol. The van der Waals surface area contributed by atoms with Crippen molar-refractivity contribution in [2.45, 2.75) is 32.7 Å². The SMILES string of the molecule is Cc1cn2nc(C3=CCCCc4nc(NCc5ccc(N6CCNCC6)nc5)ncc43)ccc2n1. The van der Waals surface area contributed by atoms with Crippen molar-refractivity contribution in [1.29, 1.82) is 0 Å². The van der Waals surface area contributed by atoms with Crippen molar-refractivity contribution in [2.24, 2.45) is 0 Å². The molecule has 0 bridgehead atoms. The number of pyridine rings is 1. The Morgan fingerprint density at radius 3 is 2.80 bits per heavy atom. The average Bonchev–Trinajstić information content (AvgIpc) is 3.14. The van der Waals surface area contributed by atoms with E-state index in [0.717, 1.165) is 90.7 Å². The molecule has 0 saturated carbocycles. The predicted molar refractivity (Wildman–Crippen MR) is 136 cm³/mol. The molecule has 1 aliphatic heterocycles. The lowest BCUT2D eigenvalue weighted by molar-refractivity contribution is 0.585. The molecule has 4 aromatic rings. The molecule has 5 heterocycles. The molecule has 178 valence electrons. The van der Waals surface area contributed by atoms with Gasteiger partial charge in [-0.25, -0.2) is 24.5 Å². The van der Waals surface area contributed by atoms with Crippen molar-refractivity contribution in [3.63, 3.8) is 0 Å². The zero-order valence-electron chi connectivity index (χ0n) is 19.9. The minimum atomic E-state index is 0.633. The molecular formula is C26H29N9. The molecule has 35 heavy (non-hydrogen) atoms. The van der Waals surface area contributed by atoms with E-state index in [9.17, 15) is 0 Å². The van der Waals surface area contributed by atoms with Gasteiger partial charge in [0.15, 0.2) is 5.65 Å². The maximum atomic E-state index is 4.88. The first kappa shape index (κ1) is 21.7. The van der Waals surface area contributed by atoms with Crippen LogP contribution in [0, 0.1) is 6.92 Å². The molecule has 0 unspecified atom stereocenters. The van der Waals surface area contributed by atoms with E-state index in [1.165, 1.54) is 0 Å². The van der Waals surface area contributed by atoms with E-state index in [2.05, 4.69) is 48.7 Å². The Labute approximate surface area is 204 Å². The zero-order valence-corrected chi connectivity index (χ0v) is 19.9. The normalized spacial score (nSPS) is 16.0. The van der Waals surface area contributed by atoms with Crippen LogP contribution in [0.4, 0.5) is 11.8 Å². The minimum Gasteiger partial charge on any atom is -0.354 e. The van der Waals surface area contributed by atoms with Gasteiger partial charge in [0, 0.05) is 56.3 Å². The highest BCUT2D eigenvalue weighted by molar-refractivity contribution is 5.79. The number of rotatable bonds is 5. The van der Waals surface area contributed by atoms with Gasteiger partial charge in [-0.2, -0.15) is 5.10 Å². The largest absolute Gasteiger partial charge is 0.354 e. The fourth-order valence-corrected chi connectivity index (χ4v) is 4.71. The van der Waals surface area contributed by atoms with Crippen LogP contribution in [0.5, 0.6) is 0 Å². The first-order valence-corrected chi connectivity index (χ1v) is 12.3. The molecule has 6 rings (SSSR count). The van der Waals surface area contributed by atoms with Gasteiger partial charge in [0.2, 0.25) is 5.95 Å². The zero-order chi connectivity index (χ0) is 23.6. The molecule has 1 fully saturated rings. The number of fused-ring (bicyclic) bond motifs is 2. The Morgan fingerprint density at radius 2 is 1.94 bits per heavy atom. The Morgan fingerprint density at radius 1 is 1.03 bits per heavy atom. The number of aromatic nitrogens is 6. The van der Waals surface area contributed by atoms with Crippen molar-refractivity contribution in [3.8, 4) is 0 Å². The topological polar surface area (TPSA) is 96.2 Å². The first-order valence-electron chi connectivity index (χ1n) is 12.3. The van der Waals surface area contributed by atoms with Gasteiger partial charge in [-0.1, -0.05) is 12.1 Å². The summed E-state index contributed by atoms with van der Waals surface area (Å²) < 4.78 is 1.84. The summed E-state index contributed by atoms with van der Waals surface area (Å²) in [6.45, 7) is 6.61. The van der Waals surface area contributed by atoms with Gasteiger partial charge in [0.05, 0.1) is 23.3 Å². The molecule has 1 saturated heterocycles. The number of imidazole rings is 1. The summed E-state index contributed by atoms with van der Waals surface area (Å²) in [5.74, 6) is 1.68. The number of nitrogens with one attached hydrogen (secondary N) is 2. The predicted octanol–water partition coefficient (Wildman–Crippen LogP) is 3.01. The fraction of sp³-hybridized carbons (Fsp3) is 0.346. The molecule has 0 aromatic carbocycles. The Balaban J connectivity index is 1.18. The van der Waals surface area contributed by atoms with Crippen LogP contribution in [0.1, 0.15) is 41.1 Å². The van der Waals surface area contributed by atoms with Crippen LogP contribution in [-0.2, 0) is 13.0 Å². The van der Waals surface area contributed by atoms with E-state index >= 15 is 0 Å². The maximum absolute atomic E-state index is 4.88. The second kappa shape index (κ2) is 9.42. The standard InChI is InChI=1S/C26H29N9/c1-18-17-35-25(31-18)9-7-23(33-35)20-4-2-3-5-22-21(20)16-30-26(32-22)29-15-19-6-8-24(28-14-19)34-12-10-27-11-13-34/h4,6-9,14,16-17,27H,2-3,5,10-13,15H2,1H3,(H,29,30,32). The van der Waals surface area contributed by atoms with Crippen LogP contribution in [0.2, 0.25) is 0 Å². The number of allylic oxidation sites excluding steroid dienone is 1. The van der Waals surface area contributed by atoms with E-state index in [-0.39, 0.29) is 0 Å². The van der Waals surface area contributed by atoms with Gasteiger partial charge in [-0.15, -0.1) is 0 Å². The third-order valence-electron chi connectivity index (χ3n) is 6.54. The minimum absolute atomic E-state index is 0.633. The Hall–Kier alpha value is -3.85. The summed E-state index contributed by atoms with van der Waals surface area (Å²) in [7, 11) is 0. The third kappa shape index (κ3) is 4.59. The van der Waals surface area contributed by atoms with Crippen LogP contribution in [0.25, 0.3) is 11.2 Å². The summed E-state index contributed by atoms with van der Waals surface area (Å²) >= 11 is 0. The quantitative estimate of drug-likeness (QED) is 0.462. The summed E-state index contributed by atoms with van der Waals surface area (Å²) in [6, 6.07) is 8.27. The van der Waals surface area contributed by atoms with Gasteiger partial charge < -0.3 is 15.5 Å². The van der Waals surface area contributed by atoms with Crippen molar-refractivity contribution in [2.75, 3.05) is 36.4 Å². The van der Waals surface area contributed by atoms with E-state index < -0.39 is 0 Å². The highest BCUT2D eigenvalue weighted by Crippen LogP contribution is 2.29. The van der Waals surface area contributed by atoms with E-state index in [1.807, 2.05) is 42.2 Å². The van der Waals surface area contributed by atoms with Gasteiger partial charge in [-0.05, 0) is 49.9 Å². The van der Waals surface area contributed by atoms with Gasteiger partial charge in [-0.3, -0.25) is 0 Å². The Kier molecular flexibility index (Phi) is 5.83. The molecule has 1 aliphatic carbocycles. The number of piperazine rings is 1. The molecule has 9 nitrogen and oxygen atoms in total. The van der Waals surface area contributed by atoms with Crippen LogP contribution in [0.15, 0.2) is 48.9 Å². The van der Waals surface area contributed by atoms with Gasteiger partial charge in [0.25, 0.3) is 0 Å². The molecule has 4 aromatic heterocycles. The van der Waals surface area contributed by atoms with E-state index in [0.29, 0.717) is 12.5 Å². The van der Waals surface area contributed by atoms with Crippen LogP contribution in [0.3, 0.4) is 0 Å². The van der Waals surface area contributed by atoms with E-state index in [4.69, 9.17) is 10.1 Å². The lowest BCUT2D eigenvalue weighted by Crippen LogP contribution is -2.43. The lowest BCUT2D eigenvalue weighted by atomic mass is 10.0. The second-order valence-electron chi connectivity index (χ2n) is 9.08. The lowest BCUT2D eigenvalue weighted by Gasteiger charge is -2.28. The fourth-order valence-electron chi connectivity index (χ4n) is 4.71. The molecule has 0 spiro atoms. The van der Waals surface area contributed by atoms with Crippen molar-refractivity contribution in [3.05, 3.63) is 77.1 Å². The van der Waals surface area contributed by atoms with Crippen molar-refractivity contribution >= 4 is 23.0 Å². The third-order valence-corrected chi connectivity index (χ3v) is 6.54. The number of anilines is 2. The molecule has 9 heteroatoms. The number of hydrogen-bond acceptors (Lipinski definition) is 8. The molecular weight excluding hydrogens is 438 g/mol. The smallest absolute Gasteiger partial charge is 0.223 e. The maximum Gasteiger partial charge on any atom is 0.223 e. The van der Waals surface area contributed by atoms with Crippen LogP contribution in [-0.4, -0.2) is 55.7 Å². The molecule has 0 atom stereocenters. The Bertz CT molecular complexity index is 1370. The highest BCUT2D eigenvalue weighted by Gasteiger charge is 2.18. The summed E-state index contributed by atoms with van der Waals surface area (Å²) in [5.41, 5.74) is 7.03.